The van der Waals surface area contributed by atoms with Crippen LogP contribution in [0, 0.1) is 10.1 Å². The number of para-hydroxylation sites is 1. The molecule has 6 nitrogen and oxygen atoms in total. The Kier molecular flexibility index (Phi) is 6.44. The van der Waals surface area contributed by atoms with E-state index in [2.05, 4.69) is 38.9 Å². The molecule has 0 amide bonds. The van der Waals surface area contributed by atoms with E-state index in [0.29, 0.717) is 11.3 Å². The average Bonchev–Trinajstić information content (AvgIpc) is 2.67. The standard InChI is InChI=1S/C23H30ClN3O3Si/c1-22(2,3)31(4,5)30-15-18(16-11-7-6-8-12-16)23(25)17-13-9-10-14-19(17)26-21(24)20(23)27(28)29/h6-14,18,20H,15,25H2,1-5H3. The van der Waals surface area contributed by atoms with Crippen molar-refractivity contribution in [2.75, 3.05) is 6.61 Å². The van der Waals surface area contributed by atoms with Gasteiger partial charge < -0.3 is 10.2 Å². The number of nitrogens with two attached hydrogens (primary N) is 1. The Morgan fingerprint density at radius 2 is 1.77 bits per heavy atom. The van der Waals surface area contributed by atoms with Crippen LogP contribution >= 0.6 is 11.6 Å². The number of hydrogen-bond donors (Lipinski definition) is 1. The molecule has 1 aliphatic rings. The lowest BCUT2D eigenvalue weighted by atomic mass is 9.69. The molecule has 0 saturated carbocycles. The van der Waals surface area contributed by atoms with E-state index in [1.165, 1.54) is 0 Å². The summed E-state index contributed by atoms with van der Waals surface area (Å²) in [4.78, 5) is 16.1. The van der Waals surface area contributed by atoms with Crippen LogP contribution < -0.4 is 5.73 Å². The van der Waals surface area contributed by atoms with Crippen LogP contribution in [-0.4, -0.2) is 31.1 Å². The highest BCUT2D eigenvalue weighted by atomic mass is 35.5. The molecule has 2 aromatic carbocycles. The molecule has 166 valence electrons. The Morgan fingerprint density at radius 3 is 2.35 bits per heavy atom. The summed E-state index contributed by atoms with van der Waals surface area (Å²) in [5.74, 6) is -0.497. The maximum atomic E-state index is 12.2. The fourth-order valence-electron chi connectivity index (χ4n) is 3.80. The summed E-state index contributed by atoms with van der Waals surface area (Å²) in [5.41, 5.74) is 7.66. The summed E-state index contributed by atoms with van der Waals surface area (Å²) in [6.07, 6.45) is 0. The minimum absolute atomic E-state index is 0.0118. The molecular weight excluding hydrogens is 430 g/mol. The van der Waals surface area contributed by atoms with Gasteiger partial charge in [-0.2, -0.15) is 0 Å². The lowest BCUT2D eigenvalue weighted by Crippen LogP contribution is -2.60. The number of halogens is 1. The number of benzene rings is 2. The Balaban J connectivity index is 2.18. The Labute approximate surface area is 189 Å². The van der Waals surface area contributed by atoms with Crippen LogP contribution in [0.4, 0.5) is 5.69 Å². The van der Waals surface area contributed by atoms with Crippen molar-refractivity contribution in [3.05, 3.63) is 75.8 Å². The highest BCUT2D eigenvalue weighted by Gasteiger charge is 2.57. The molecule has 3 unspecified atom stereocenters. The second-order valence-corrected chi connectivity index (χ2v) is 14.8. The van der Waals surface area contributed by atoms with Crippen LogP contribution in [0.15, 0.2) is 59.6 Å². The SMILES string of the molecule is CC(C)(C)[Si](C)(C)OCC(c1ccccc1)C1(N)c2ccccc2N=C(Cl)C1[N+](=O)[O-]. The zero-order chi connectivity index (χ0) is 23.0. The molecule has 0 bridgehead atoms. The first kappa shape index (κ1) is 23.6. The van der Waals surface area contributed by atoms with Gasteiger partial charge in [-0.05, 0) is 29.8 Å². The first-order valence-corrected chi connectivity index (χ1v) is 13.6. The van der Waals surface area contributed by atoms with Gasteiger partial charge in [-0.1, -0.05) is 80.9 Å². The molecular formula is C23H30ClN3O3Si. The molecule has 2 aromatic rings. The van der Waals surface area contributed by atoms with Crippen molar-refractivity contribution in [1.29, 1.82) is 0 Å². The van der Waals surface area contributed by atoms with Gasteiger partial charge in [0.15, 0.2) is 13.5 Å². The van der Waals surface area contributed by atoms with Crippen molar-refractivity contribution in [2.24, 2.45) is 10.7 Å². The third-order valence-corrected chi connectivity index (χ3v) is 11.5. The molecule has 8 heteroatoms. The van der Waals surface area contributed by atoms with E-state index < -0.39 is 30.7 Å². The predicted molar refractivity (Wildman–Crippen MR) is 128 cm³/mol. The molecule has 0 aromatic heterocycles. The molecule has 0 saturated heterocycles. The first-order valence-electron chi connectivity index (χ1n) is 10.3. The van der Waals surface area contributed by atoms with E-state index >= 15 is 0 Å². The van der Waals surface area contributed by atoms with Crippen LogP contribution in [-0.2, 0) is 9.96 Å². The summed E-state index contributed by atoms with van der Waals surface area (Å²) in [7, 11) is -2.14. The van der Waals surface area contributed by atoms with Crippen LogP contribution in [0.1, 0.15) is 37.8 Å². The Morgan fingerprint density at radius 1 is 1.19 bits per heavy atom. The number of nitrogens with zero attached hydrogens (tertiary/aromatic N) is 2. The molecule has 0 spiro atoms. The van der Waals surface area contributed by atoms with Crippen LogP contribution in [0.5, 0.6) is 0 Å². The quantitative estimate of drug-likeness (QED) is 0.347. The Hall–Kier alpha value is -2.06. The van der Waals surface area contributed by atoms with Gasteiger partial charge in [0.2, 0.25) is 0 Å². The number of rotatable bonds is 6. The molecule has 1 heterocycles. The zero-order valence-electron chi connectivity index (χ0n) is 18.6. The summed E-state index contributed by atoms with van der Waals surface area (Å²) in [5, 5.41) is 12.1. The normalized spacial score (nSPS) is 22.4. The van der Waals surface area contributed by atoms with Gasteiger partial charge in [-0.3, -0.25) is 10.1 Å². The lowest BCUT2D eigenvalue weighted by molar-refractivity contribution is -0.515. The van der Waals surface area contributed by atoms with Crippen molar-refractivity contribution in [3.63, 3.8) is 0 Å². The molecule has 3 atom stereocenters. The maximum absolute atomic E-state index is 12.2. The molecule has 31 heavy (non-hydrogen) atoms. The lowest BCUT2D eigenvalue weighted by Gasteiger charge is -2.44. The number of hydrogen-bond acceptors (Lipinski definition) is 5. The Bertz CT molecular complexity index is 991. The van der Waals surface area contributed by atoms with E-state index in [1.807, 2.05) is 42.5 Å². The van der Waals surface area contributed by atoms with Gasteiger partial charge in [-0.15, -0.1) is 0 Å². The molecule has 1 aliphatic heterocycles. The highest BCUT2D eigenvalue weighted by Crippen LogP contribution is 2.47. The van der Waals surface area contributed by atoms with E-state index in [-0.39, 0.29) is 16.8 Å². The van der Waals surface area contributed by atoms with E-state index in [1.54, 1.807) is 12.1 Å². The minimum Gasteiger partial charge on any atom is -0.416 e. The van der Waals surface area contributed by atoms with E-state index in [0.717, 1.165) is 5.56 Å². The van der Waals surface area contributed by atoms with Crippen molar-refractivity contribution in [1.82, 2.24) is 0 Å². The van der Waals surface area contributed by atoms with Gasteiger partial charge in [0.25, 0.3) is 6.04 Å². The second kappa shape index (κ2) is 8.46. The minimum atomic E-state index is -2.14. The molecule has 0 aliphatic carbocycles. The smallest absolute Gasteiger partial charge is 0.287 e. The molecule has 3 rings (SSSR count). The van der Waals surface area contributed by atoms with Crippen molar-refractivity contribution in [3.8, 4) is 0 Å². The third kappa shape index (κ3) is 4.32. The van der Waals surface area contributed by atoms with Gasteiger partial charge in [0.05, 0.1) is 5.69 Å². The largest absolute Gasteiger partial charge is 0.416 e. The zero-order valence-corrected chi connectivity index (χ0v) is 20.4. The summed E-state index contributed by atoms with van der Waals surface area (Å²) >= 11 is 6.38. The summed E-state index contributed by atoms with van der Waals surface area (Å²) < 4.78 is 6.56. The highest BCUT2D eigenvalue weighted by molar-refractivity contribution is 6.74. The molecule has 0 radical (unpaired) electrons. The first-order chi connectivity index (χ1) is 14.4. The molecule has 0 fully saturated rings. The maximum Gasteiger partial charge on any atom is 0.287 e. The van der Waals surface area contributed by atoms with Crippen molar-refractivity contribution in [2.45, 2.75) is 56.4 Å². The number of fused-ring (bicyclic) bond motifs is 1. The molecule has 2 N–H and O–H groups in total. The van der Waals surface area contributed by atoms with Gasteiger partial charge in [0.1, 0.15) is 5.54 Å². The van der Waals surface area contributed by atoms with Crippen LogP contribution in [0.3, 0.4) is 0 Å². The van der Waals surface area contributed by atoms with Gasteiger partial charge in [0, 0.05) is 23.0 Å². The fourth-order valence-corrected chi connectivity index (χ4v) is 5.17. The van der Waals surface area contributed by atoms with Crippen molar-refractivity contribution >= 4 is 30.8 Å². The van der Waals surface area contributed by atoms with Crippen LogP contribution in [0.25, 0.3) is 0 Å². The van der Waals surface area contributed by atoms with Gasteiger partial charge in [-0.25, -0.2) is 4.99 Å². The number of nitro groups is 1. The summed E-state index contributed by atoms with van der Waals surface area (Å²) in [6, 6.07) is 15.5. The number of aliphatic imine (C=N–C) groups is 1. The topological polar surface area (TPSA) is 90.8 Å². The third-order valence-electron chi connectivity index (χ3n) is 6.68. The van der Waals surface area contributed by atoms with Crippen molar-refractivity contribution < 1.29 is 9.35 Å². The van der Waals surface area contributed by atoms with E-state index in [9.17, 15) is 10.1 Å². The average molecular weight is 460 g/mol. The fraction of sp³-hybridized carbons (Fsp3) is 0.435. The predicted octanol–water partition coefficient (Wildman–Crippen LogP) is 5.57. The van der Waals surface area contributed by atoms with Gasteiger partial charge >= 0.3 is 0 Å². The van der Waals surface area contributed by atoms with E-state index in [4.69, 9.17) is 21.8 Å². The summed E-state index contributed by atoms with van der Waals surface area (Å²) in [6.45, 7) is 11.1. The monoisotopic (exact) mass is 459 g/mol. The second-order valence-electron chi connectivity index (χ2n) is 9.61. The van der Waals surface area contributed by atoms with Crippen LogP contribution in [0.2, 0.25) is 18.1 Å².